The Morgan fingerprint density at radius 3 is 2.64 bits per heavy atom. The molecule has 2 heterocycles. The number of hydrogen-bond acceptors (Lipinski definition) is 6. The number of nitrogens with two attached hydrogens (primary N) is 1. The number of hydrogen-bond donors (Lipinski definition) is 3. The lowest BCUT2D eigenvalue weighted by Crippen LogP contribution is -2.28. The SMILES string of the molecule is Cn1ccc(Nc2cc(Oc3ccc4c(c3)CC(C(=O)Nc3cc(CN)cc(C(F)(F)F)c3)CC4)ccn2)n1. The minimum Gasteiger partial charge on any atom is -0.457 e. The number of alkyl halides is 3. The first kappa shape index (κ1) is 26.2. The van der Waals surface area contributed by atoms with Gasteiger partial charge in [0.05, 0.1) is 5.56 Å². The number of aromatic nitrogens is 3. The first-order valence-electron chi connectivity index (χ1n) is 12.4. The van der Waals surface area contributed by atoms with Gasteiger partial charge in [-0.15, -0.1) is 0 Å². The van der Waals surface area contributed by atoms with Crippen molar-refractivity contribution in [3.05, 3.63) is 89.2 Å². The van der Waals surface area contributed by atoms with E-state index >= 15 is 0 Å². The molecule has 2 aromatic heterocycles. The number of nitrogens with zero attached hydrogens (tertiary/aromatic N) is 3. The molecule has 1 aliphatic rings. The predicted octanol–water partition coefficient (Wildman–Crippen LogP) is 5.57. The van der Waals surface area contributed by atoms with Gasteiger partial charge in [-0.3, -0.25) is 9.48 Å². The van der Waals surface area contributed by atoms with E-state index in [0.717, 1.165) is 23.3 Å². The molecule has 5 rings (SSSR count). The standard InChI is InChI=1S/C28H27F3N6O2/c1-37-9-7-25(36-37)35-26-15-24(6-8-33-26)39-23-5-4-18-2-3-19(12-20(18)13-23)27(38)34-22-11-17(16-32)10-21(14-22)28(29,30)31/h4-11,13-15,19H,2-3,12,16,32H2,1H3,(H,34,38)(H,33,35,36). The van der Waals surface area contributed by atoms with Crippen molar-refractivity contribution in [3.63, 3.8) is 0 Å². The predicted molar refractivity (Wildman–Crippen MR) is 141 cm³/mol. The fourth-order valence-corrected chi connectivity index (χ4v) is 4.60. The van der Waals surface area contributed by atoms with Crippen molar-refractivity contribution >= 4 is 23.2 Å². The van der Waals surface area contributed by atoms with Crippen molar-refractivity contribution in [3.8, 4) is 11.5 Å². The fourth-order valence-electron chi connectivity index (χ4n) is 4.60. The van der Waals surface area contributed by atoms with Crippen LogP contribution in [0.15, 0.2) is 67.0 Å². The molecule has 8 nitrogen and oxygen atoms in total. The Morgan fingerprint density at radius 2 is 1.90 bits per heavy atom. The van der Waals surface area contributed by atoms with Gasteiger partial charge in [0, 0.05) is 49.7 Å². The van der Waals surface area contributed by atoms with Gasteiger partial charge in [-0.25, -0.2) is 4.98 Å². The Labute approximate surface area is 223 Å². The highest BCUT2D eigenvalue weighted by Crippen LogP contribution is 2.34. The number of pyridine rings is 1. The molecule has 2 aromatic carbocycles. The fraction of sp³-hybridized carbons (Fsp3) is 0.250. The van der Waals surface area contributed by atoms with Crippen LogP contribution < -0.4 is 21.1 Å². The number of carbonyl (C=O) groups excluding carboxylic acids is 1. The zero-order valence-corrected chi connectivity index (χ0v) is 21.1. The van der Waals surface area contributed by atoms with E-state index < -0.39 is 17.7 Å². The van der Waals surface area contributed by atoms with Gasteiger partial charge >= 0.3 is 6.18 Å². The number of ether oxygens (including phenoxy) is 1. The monoisotopic (exact) mass is 536 g/mol. The molecule has 1 atom stereocenters. The maximum atomic E-state index is 13.3. The number of carbonyl (C=O) groups is 1. The van der Waals surface area contributed by atoms with Crippen LogP contribution in [0.1, 0.15) is 28.7 Å². The molecule has 1 aliphatic carbocycles. The molecule has 0 saturated carbocycles. The number of benzene rings is 2. The molecule has 0 radical (unpaired) electrons. The van der Waals surface area contributed by atoms with Gasteiger partial charge in [0.2, 0.25) is 5.91 Å². The summed E-state index contributed by atoms with van der Waals surface area (Å²) in [6, 6.07) is 14.5. The molecule has 0 fully saturated rings. The van der Waals surface area contributed by atoms with Crippen LogP contribution in [0.25, 0.3) is 0 Å². The summed E-state index contributed by atoms with van der Waals surface area (Å²) in [5.41, 5.74) is 7.19. The van der Waals surface area contributed by atoms with Crippen molar-refractivity contribution in [1.29, 1.82) is 0 Å². The van der Waals surface area contributed by atoms with E-state index in [4.69, 9.17) is 10.5 Å². The van der Waals surface area contributed by atoms with E-state index in [1.807, 2.05) is 37.5 Å². The Morgan fingerprint density at radius 1 is 1.08 bits per heavy atom. The third-order valence-electron chi connectivity index (χ3n) is 6.54. The maximum Gasteiger partial charge on any atom is 0.416 e. The quantitative estimate of drug-likeness (QED) is 0.285. The van der Waals surface area contributed by atoms with E-state index in [1.165, 1.54) is 6.07 Å². The number of rotatable bonds is 7. The zero-order chi connectivity index (χ0) is 27.6. The van der Waals surface area contributed by atoms with Crippen LogP contribution in [0.3, 0.4) is 0 Å². The molecule has 39 heavy (non-hydrogen) atoms. The van der Waals surface area contributed by atoms with Crippen LogP contribution in [0.5, 0.6) is 11.5 Å². The van der Waals surface area contributed by atoms with Gasteiger partial charge < -0.3 is 21.1 Å². The molecule has 11 heteroatoms. The van der Waals surface area contributed by atoms with Crippen LogP contribution >= 0.6 is 0 Å². The molecule has 0 saturated heterocycles. The highest BCUT2D eigenvalue weighted by molar-refractivity contribution is 5.93. The van der Waals surface area contributed by atoms with Crippen LogP contribution in [-0.2, 0) is 37.4 Å². The number of halogens is 3. The molecular weight excluding hydrogens is 509 g/mol. The molecule has 1 unspecified atom stereocenters. The first-order valence-corrected chi connectivity index (χ1v) is 12.4. The molecule has 1 amide bonds. The number of nitrogens with one attached hydrogen (secondary N) is 2. The summed E-state index contributed by atoms with van der Waals surface area (Å²) in [5.74, 6) is 1.70. The minimum atomic E-state index is -4.53. The molecule has 0 aliphatic heterocycles. The van der Waals surface area contributed by atoms with Gasteiger partial charge in [0.15, 0.2) is 5.82 Å². The molecule has 4 aromatic rings. The van der Waals surface area contributed by atoms with E-state index in [0.29, 0.717) is 48.0 Å². The average molecular weight is 537 g/mol. The van der Waals surface area contributed by atoms with Crippen LogP contribution in [-0.4, -0.2) is 20.7 Å². The Balaban J connectivity index is 1.27. The maximum absolute atomic E-state index is 13.3. The second-order valence-corrected chi connectivity index (χ2v) is 9.46. The lowest BCUT2D eigenvalue weighted by molar-refractivity contribution is -0.137. The molecule has 0 spiro atoms. The van der Waals surface area contributed by atoms with Gasteiger partial charge in [0.25, 0.3) is 0 Å². The summed E-state index contributed by atoms with van der Waals surface area (Å²) in [4.78, 5) is 17.3. The summed E-state index contributed by atoms with van der Waals surface area (Å²) in [6.07, 6.45) is 0.634. The first-order chi connectivity index (χ1) is 18.7. The van der Waals surface area contributed by atoms with Crippen LogP contribution in [0.2, 0.25) is 0 Å². The second-order valence-electron chi connectivity index (χ2n) is 9.46. The van der Waals surface area contributed by atoms with Crippen LogP contribution in [0.4, 0.5) is 30.5 Å². The highest BCUT2D eigenvalue weighted by atomic mass is 19.4. The van der Waals surface area contributed by atoms with Crippen molar-refractivity contribution in [2.45, 2.75) is 32.0 Å². The third kappa shape index (κ3) is 6.37. The van der Waals surface area contributed by atoms with E-state index in [1.54, 1.807) is 23.0 Å². The van der Waals surface area contributed by atoms with Gasteiger partial charge in [0.1, 0.15) is 17.3 Å². The minimum absolute atomic E-state index is 0.0649. The Hall–Kier alpha value is -4.38. The number of aryl methyl sites for hydroxylation is 2. The Kier molecular flexibility index (Phi) is 7.25. The topological polar surface area (TPSA) is 107 Å². The van der Waals surface area contributed by atoms with Crippen molar-refractivity contribution in [2.75, 3.05) is 10.6 Å². The summed E-state index contributed by atoms with van der Waals surface area (Å²) in [6.45, 7) is -0.0649. The highest BCUT2D eigenvalue weighted by Gasteiger charge is 2.32. The Bertz CT molecular complexity index is 1500. The van der Waals surface area contributed by atoms with Crippen molar-refractivity contribution < 1.29 is 22.7 Å². The molecule has 4 N–H and O–H groups in total. The van der Waals surface area contributed by atoms with Crippen LogP contribution in [0, 0.1) is 5.92 Å². The zero-order valence-electron chi connectivity index (χ0n) is 21.1. The van der Waals surface area contributed by atoms with Gasteiger partial charge in [-0.2, -0.15) is 18.3 Å². The number of amides is 1. The lowest BCUT2D eigenvalue weighted by atomic mass is 9.83. The van der Waals surface area contributed by atoms with Crippen molar-refractivity contribution in [2.24, 2.45) is 18.7 Å². The summed E-state index contributed by atoms with van der Waals surface area (Å²) in [7, 11) is 1.82. The summed E-state index contributed by atoms with van der Waals surface area (Å²) < 4.78 is 47.6. The average Bonchev–Trinajstić information content (AvgIpc) is 3.31. The van der Waals surface area contributed by atoms with Crippen molar-refractivity contribution in [1.82, 2.24) is 14.8 Å². The third-order valence-corrected chi connectivity index (χ3v) is 6.54. The largest absolute Gasteiger partial charge is 0.457 e. The van der Waals surface area contributed by atoms with Gasteiger partial charge in [-0.05, 0) is 72.4 Å². The molecule has 202 valence electrons. The van der Waals surface area contributed by atoms with E-state index in [2.05, 4.69) is 20.7 Å². The smallest absolute Gasteiger partial charge is 0.416 e. The second kappa shape index (κ2) is 10.8. The lowest BCUT2D eigenvalue weighted by Gasteiger charge is -2.25. The van der Waals surface area contributed by atoms with E-state index in [9.17, 15) is 18.0 Å². The summed E-state index contributed by atoms with van der Waals surface area (Å²) in [5, 5.41) is 10.1. The molecule has 0 bridgehead atoms. The van der Waals surface area contributed by atoms with Gasteiger partial charge in [-0.1, -0.05) is 6.07 Å². The number of anilines is 3. The summed E-state index contributed by atoms with van der Waals surface area (Å²) >= 11 is 0. The molecular formula is C28H27F3N6O2. The number of fused-ring (bicyclic) bond motifs is 1. The normalized spacial score (nSPS) is 14.9. The van der Waals surface area contributed by atoms with E-state index in [-0.39, 0.29) is 18.1 Å².